The number of benzene rings is 3. The molecule has 0 saturated heterocycles. The van der Waals surface area contributed by atoms with E-state index in [1.165, 1.54) is 0 Å². The monoisotopic (exact) mass is 314 g/mol. The highest BCUT2D eigenvalue weighted by Crippen LogP contribution is 2.32. The number of methoxy groups -OCH3 is 1. The highest BCUT2D eigenvalue weighted by atomic mass is 16.5. The number of rotatable bonds is 3. The predicted octanol–water partition coefficient (Wildman–Crippen LogP) is 4.92. The van der Waals surface area contributed by atoms with Crippen LogP contribution in [0.4, 0.5) is 0 Å². The van der Waals surface area contributed by atoms with Crippen LogP contribution in [0.2, 0.25) is 0 Å². The SMILES string of the molecule is COc1cccc(-c2ccc3c(c2)c(-c2ccccc2)nn3C)c1. The summed E-state index contributed by atoms with van der Waals surface area (Å²) in [5, 5.41) is 5.88. The molecule has 0 radical (unpaired) electrons. The third-order valence-corrected chi connectivity index (χ3v) is 4.30. The molecule has 0 N–H and O–H groups in total. The van der Waals surface area contributed by atoms with Gasteiger partial charge in [0.25, 0.3) is 0 Å². The summed E-state index contributed by atoms with van der Waals surface area (Å²) < 4.78 is 7.28. The van der Waals surface area contributed by atoms with Gasteiger partial charge < -0.3 is 4.74 Å². The van der Waals surface area contributed by atoms with Crippen LogP contribution in [0.25, 0.3) is 33.3 Å². The van der Waals surface area contributed by atoms with E-state index in [4.69, 9.17) is 9.84 Å². The number of aromatic nitrogens is 2. The molecule has 0 spiro atoms. The molecule has 3 aromatic carbocycles. The molecule has 118 valence electrons. The van der Waals surface area contributed by atoms with Crippen molar-refractivity contribution in [1.82, 2.24) is 9.78 Å². The van der Waals surface area contributed by atoms with Crippen LogP contribution < -0.4 is 4.74 Å². The van der Waals surface area contributed by atoms with E-state index in [0.29, 0.717) is 0 Å². The number of aryl methyl sites for hydroxylation is 1. The van der Waals surface area contributed by atoms with Gasteiger partial charge >= 0.3 is 0 Å². The highest BCUT2D eigenvalue weighted by molar-refractivity contribution is 5.96. The van der Waals surface area contributed by atoms with Gasteiger partial charge in [0.1, 0.15) is 11.4 Å². The summed E-state index contributed by atoms with van der Waals surface area (Å²) in [4.78, 5) is 0. The second-order valence-corrected chi connectivity index (χ2v) is 5.80. The number of hydrogen-bond donors (Lipinski definition) is 0. The van der Waals surface area contributed by atoms with Crippen LogP contribution in [-0.4, -0.2) is 16.9 Å². The fourth-order valence-electron chi connectivity index (χ4n) is 3.06. The number of ether oxygens (including phenoxy) is 1. The van der Waals surface area contributed by atoms with Crippen molar-refractivity contribution in [1.29, 1.82) is 0 Å². The fourth-order valence-corrected chi connectivity index (χ4v) is 3.06. The second kappa shape index (κ2) is 5.85. The van der Waals surface area contributed by atoms with Gasteiger partial charge in [0.05, 0.1) is 12.6 Å². The second-order valence-electron chi connectivity index (χ2n) is 5.80. The van der Waals surface area contributed by atoms with Crippen molar-refractivity contribution in [2.75, 3.05) is 7.11 Å². The predicted molar refractivity (Wildman–Crippen MR) is 98.1 cm³/mol. The van der Waals surface area contributed by atoms with Crippen molar-refractivity contribution in [3.63, 3.8) is 0 Å². The van der Waals surface area contributed by atoms with Gasteiger partial charge in [0.2, 0.25) is 0 Å². The molecule has 3 nitrogen and oxygen atoms in total. The van der Waals surface area contributed by atoms with Gasteiger partial charge in [0, 0.05) is 18.0 Å². The Morgan fingerprint density at radius 2 is 1.54 bits per heavy atom. The minimum Gasteiger partial charge on any atom is -0.497 e. The van der Waals surface area contributed by atoms with Crippen molar-refractivity contribution >= 4 is 10.9 Å². The maximum Gasteiger partial charge on any atom is 0.119 e. The van der Waals surface area contributed by atoms with Crippen LogP contribution in [0, 0.1) is 0 Å². The van der Waals surface area contributed by atoms with Crippen LogP contribution in [0.3, 0.4) is 0 Å². The third-order valence-electron chi connectivity index (χ3n) is 4.30. The lowest BCUT2D eigenvalue weighted by molar-refractivity contribution is 0.415. The average Bonchev–Trinajstić information content (AvgIpc) is 2.99. The van der Waals surface area contributed by atoms with E-state index in [9.17, 15) is 0 Å². The van der Waals surface area contributed by atoms with Crippen molar-refractivity contribution < 1.29 is 4.74 Å². The lowest BCUT2D eigenvalue weighted by atomic mass is 10.0. The molecule has 1 aromatic heterocycles. The molecule has 1 heterocycles. The third kappa shape index (κ3) is 2.44. The first kappa shape index (κ1) is 14.5. The van der Waals surface area contributed by atoms with Crippen LogP contribution in [0.1, 0.15) is 0 Å². The van der Waals surface area contributed by atoms with Crippen molar-refractivity contribution in [2.45, 2.75) is 0 Å². The van der Waals surface area contributed by atoms with Crippen molar-refractivity contribution in [3.8, 4) is 28.1 Å². The quantitative estimate of drug-likeness (QED) is 0.537. The molecule has 24 heavy (non-hydrogen) atoms. The van der Waals surface area contributed by atoms with Crippen molar-refractivity contribution in [3.05, 3.63) is 72.8 Å². The molecule has 4 rings (SSSR count). The molecule has 0 aliphatic heterocycles. The van der Waals surface area contributed by atoms with Gasteiger partial charge in [-0.3, -0.25) is 4.68 Å². The van der Waals surface area contributed by atoms with Gasteiger partial charge in [-0.15, -0.1) is 0 Å². The Balaban J connectivity index is 1.91. The van der Waals surface area contributed by atoms with E-state index in [2.05, 4.69) is 42.5 Å². The molecular weight excluding hydrogens is 296 g/mol. The zero-order chi connectivity index (χ0) is 16.5. The topological polar surface area (TPSA) is 27.1 Å². The molecule has 0 aliphatic carbocycles. The minimum atomic E-state index is 0.863. The summed E-state index contributed by atoms with van der Waals surface area (Å²) in [7, 11) is 3.68. The maximum absolute atomic E-state index is 5.34. The van der Waals surface area contributed by atoms with Crippen LogP contribution in [0.15, 0.2) is 72.8 Å². The minimum absolute atomic E-state index is 0.863. The molecule has 0 fully saturated rings. The maximum atomic E-state index is 5.34. The summed E-state index contributed by atoms with van der Waals surface area (Å²) in [5.74, 6) is 0.863. The van der Waals surface area contributed by atoms with Gasteiger partial charge in [-0.2, -0.15) is 5.10 Å². The zero-order valence-corrected chi connectivity index (χ0v) is 13.7. The lowest BCUT2D eigenvalue weighted by Gasteiger charge is -2.06. The molecule has 4 aromatic rings. The normalized spacial score (nSPS) is 10.9. The Labute approximate surface area is 141 Å². The Hall–Kier alpha value is -3.07. The first-order valence-corrected chi connectivity index (χ1v) is 7.93. The van der Waals surface area contributed by atoms with E-state index >= 15 is 0 Å². The Bertz CT molecular complexity index is 1000. The first-order chi connectivity index (χ1) is 11.8. The van der Waals surface area contributed by atoms with Gasteiger partial charge in [-0.05, 0) is 35.4 Å². The molecule has 0 saturated carbocycles. The summed E-state index contributed by atoms with van der Waals surface area (Å²) in [6, 6.07) is 24.9. The summed E-state index contributed by atoms with van der Waals surface area (Å²) in [5.41, 5.74) is 5.56. The smallest absolute Gasteiger partial charge is 0.119 e. The fraction of sp³-hybridized carbons (Fsp3) is 0.0952. The summed E-state index contributed by atoms with van der Waals surface area (Å²) in [6.45, 7) is 0. The molecule has 0 unspecified atom stereocenters. The van der Waals surface area contributed by atoms with E-state index in [1.807, 2.05) is 42.1 Å². The Morgan fingerprint density at radius 3 is 2.33 bits per heavy atom. The van der Waals surface area contributed by atoms with E-state index < -0.39 is 0 Å². The Morgan fingerprint density at radius 1 is 0.792 bits per heavy atom. The largest absolute Gasteiger partial charge is 0.497 e. The number of fused-ring (bicyclic) bond motifs is 1. The van der Waals surface area contributed by atoms with E-state index in [0.717, 1.165) is 39.0 Å². The van der Waals surface area contributed by atoms with Crippen LogP contribution in [-0.2, 0) is 7.05 Å². The zero-order valence-electron chi connectivity index (χ0n) is 13.7. The molecule has 3 heteroatoms. The lowest BCUT2D eigenvalue weighted by Crippen LogP contribution is -1.89. The Kier molecular flexibility index (Phi) is 3.54. The number of hydrogen-bond acceptors (Lipinski definition) is 2. The first-order valence-electron chi connectivity index (χ1n) is 7.93. The van der Waals surface area contributed by atoms with Crippen molar-refractivity contribution in [2.24, 2.45) is 7.05 Å². The molecule has 0 bridgehead atoms. The average molecular weight is 314 g/mol. The van der Waals surface area contributed by atoms with Gasteiger partial charge in [-0.25, -0.2) is 0 Å². The number of nitrogens with zero attached hydrogens (tertiary/aromatic N) is 2. The van der Waals surface area contributed by atoms with Crippen LogP contribution >= 0.6 is 0 Å². The summed E-state index contributed by atoms with van der Waals surface area (Å²) >= 11 is 0. The molecule has 0 atom stereocenters. The standard InChI is InChI=1S/C21H18N2O/c1-23-20-12-11-17(16-9-6-10-18(13-16)24-2)14-19(20)21(22-23)15-7-4-3-5-8-15/h3-14H,1-2H3. The molecule has 0 aliphatic rings. The van der Waals surface area contributed by atoms with Gasteiger partial charge in [-0.1, -0.05) is 48.5 Å². The van der Waals surface area contributed by atoms with E-state index in [1.54, 1.807) is 7.11 Å². The van der Waals surface area contributed by atoms with E-state index in [-0.39, 0.29) is 0 Å². The molecular formula is C21H18N2O. The molecule has 0 amide bonds. The van der Waals surface area contributed by atoms with Gasteiger partial charge in [0.15, 0.2) is 0 Å². The summed E-state index contributed by atoms with van der Waals surface area (Å²) in [6.07, 6.45) is 0. The van der Waals surface area contributed by atoms with Crippen LogP contribution in [0.5, 0.6) is 5.75 Å². The highest BCUT2D eigenvalue weighted by Gasteiger charge is 2.12.